The van der Waals surface area contributed by atoms with E-state index in [9.17, 15) is 4.79 Å². The zero-order chi connectivity index (χ0) is 14.8. The third-order valence-electron chi connectivity index (χ3n) is 3.05. The van der Waals surface area contributed by atoms with Crippen LogP contribution in [0, 0.1) is 0 Å². The highest BCUT2D eigenvalue weighted by atomic mass is 35.5. The summed E-state index contributed by atoms with van der Waals surface area (Å²) in [7, 11) is 0. The lowest BCUT2D eigenvalue weighted by atomic mass is 10.2. The number of fused-ring (bicyclic) bond motifs is 1. The molecule has 7 heteroatoms. The fourth-order valence-corrected chi connectivity index (χ4v) is 2.89. The molecule has 2 N–H and O–H groups in total. The van der Waals surface area contributed by atoms with Crippen molar-refractivity contribution < 1.29 is 0 Å². The van der Waals surface area contributed by atoms with Crippen LogP contribution in [0.25, 0.3) is 10.9 Å². The average Bonchev–Trinajstić information content (AvgIpc) is 2.94. The lowest BCUT2D eigenvalue weighted by Gasteiger charge is -2.03. The van der Waals surface area contributed by atoms with Gasteiger partial charge in [0.15, 0.2) is 5.43 Å². The molecule has 0 radical (unpaired) electrons. The molecule has 0 saturated heterocycles. The van der Waals surface area contributed by atoms with E-state index >= 15 is 0 Å². The molecule has 2 aromatic heterocycles. The molecule has 3 rings (SSSR count). The van der Waals surface area contributed by atoms with Gasteiger partial charge in [0.1, 0.15) is 5.82 Å². The van der Waals surface area contributed by atoms with Gasteiger partial charge in [-0.25, -0.2) is 4.98 Å². The molecular formula is C14H13ClN4OS. The first-order valence-electron chi connectivity index (χ1n) is 6.51. The number of hydrogen-bond acceptors (Lipinski definition) is 4. The molecule has 0 unspecified atom stereocenters. The van der Waals surface area contributed by atoms with Crippen LogP contribution in [0.2, 0.25) is 5.02 Å². The Morgan fingerprint density at radius 3 is 2.95 bits per heavy atom. The molecule has 0 atom stereocenters. The Hall–Kier alpha value is -1.79. The van der Waals surface area contributed by atoms with Crippen LogP contribution in [0.1, 0.15) is 18.4 Å². The highest BCUT2D eigenvalue weighted by molar-refractivity contribution is 7.98. The van der Waals surface area contributed by atoms with E-state index in [1.54, 1.807) is 18.2 Å². The predicted octanol–water partition coefficient (Wildman–Crippen LogP) is 3.15. The number of thioether (sulfide) groups is 1. The maximum absolute atomic E-state index is 12.1. The third kappa shape index (κ3) is 3.11. The number of H-pyrrole nitrogens is 2. The predicted molar refractivity (Wildman–Crippen MR) is 84.9 cm³/mol. The highest BCUT2D eigenvalue weighted by Gasteiger charge is 2.06. The molecular weight excluding hydrogens is 308 g/mol. The van der Waals surface area contributed by atoms with Crippen molar-refractivity contribution in [1.82, 2.24) is 20.2 Å². The van der Waals surface area contributed by atoms with Gasteiger partial charge < -0.3 is 4.98 Å². The lowest BCUT2D eigenvalue weighted by Crippen LogP contribution is -2.04. The summed E-state index contributed by atoms with van der Waals surface area (Å²) in [6.07, 6.45) is 0.821. The van der Waals surface area contributed by atoms with Crippen LogP contribution in [0.3, 0.4) is 0 Å². The number of nitrogens with zero attached hydrogens (tertiary/aromatic N) is 2. The summed E-state index contributed by atoms with van der Waals surface area (Å²) in [5, 5.41) is 8.83. The fourth-order valence-electron chi connectivity index (χ4n) is 1.99. The first-order chi connectivity index (χ1) is 10.2. The van der Waals surface area contributed by atoms with Crippen LogP contribution in [0.4, 0.5) is 0 Å². The monoisotopic (exact) mass is 320 g/mol. The Kier molecular flexibility index (Phi) is 3.98. The number of halogens is 1. The van der Waals surface area contributed by atoms with Gasteiger partial charge in [-0.15, -0.1) is 5.10 Å². The first-order valence-corrected chi connectivity index (χ1v) is 7.87. The second-order valence-corrected chi connectivity index (χ2v) is 5.93. The molecule has 0 spiro atoms. The van der Waals surface area contributed by atoms with Crippen LogP contribution in [0.15, 0.2) is 34.2 Å². The molecule has 2 heterocycles. The minimum atomic E-state index is -0.0360. The summed E-state index contributed by atoms with van der Waals surface area (Å²) in [5.41, 5.74) is 1.58. The average molecular weight is 321 g/mol. The van der Waals surface area contributed by atoms with Crippen molar-refractivity contribution in [3.8, 4) is 0 Å². The van der Waals surface area contributed by atoms with Crippen LogP contribution >= 0.6 is 23.4 Å². The zero-order valence-electron chi connectivity index (χ0n) is 11.3. The zero-order valence-corrected chi connectivity index (χ0v) is 12.9. The normalized spacial score (nSPS) is 11.1. The molecule has 21 heavy (non-hydrogen) atoms. The second kappa shape index (κ2) is 5.91. The van der Waals surface area contributed by atoms with E-state index in [-0.39, 0.29) is 5.43 Å². The fraction of sp³-hybridized carbons (Fsp3) is 0.214. The van der Waals surface area contributed by atoms with Gasteiger partial charge in [-0.1, -0.05) is 30.3 Å². The number of nitrogens with one attached hydrogen (secondary N) is 2. The number of hydrogen-bond donors (Lipinski definition) is 2. The number of pyridine rings is 1. The molecule has 0 fully saturated rings. The summed E-state index contributed by atoms with van der Waals surface area (Å²) >= 11 is 7.39. The second-order valence-electron chi connectivity index (χ2n) is 4.56. The number of rotatable bonds is 4. The van der Waals surface area contributed by atoms with E-state index in [4.69, 9.17) is 11.6 Å². The molecule has 0 aliphatic carbocycles. The van der Waals surface area contributed by atoms with Gasteiger partial charge in [-0.3, -0.25) is 9.89 Å². The molecule has 0 bridgehead atoms. The van der Waals surface area contributed by atoms with Crippen molar-refractivity contribution in [2.24, 2.45) is 0 Å². The Labute approximate surface area is 130 Å². The van der Waals surface area contributed by atoms with Crippen molar-refractivity contribution >= 4 is 34.3 Å². The first kappa shape index (κ1) is 14.2. The lowest BCUT2D eigenvalue weighted by molar-refractivity contribution is 0.941. The van der Waals surface area contributed by atoms with E-state index in [2.05, 4.69) is 20.2 Å². The molecule has 1 aromatic carbocycles. The third-order valence-corrected chi connectivity index (χ3v) is 4.18. The maximum atomic E-state index is 12.1. The summed E-state index contributed by atoms with van der Waals surface area (Å²) in [5.74, 6) is 1.47. The SMILES string of the molecule is CCc1nc(SCc2cc(=O)c3cc(Cl)ccc3[nH]2)n[nH]1. The Morgan fingerprint density at radius 2 is 2.19 bits per heavy atom. The van der Waals surface area contributed by atoms with E-state index in [0.29, 0.717) is 21.3 Å². The number of benzene rings is 1. The summed E-state index contributed by atoms with van der Waals surface area (Å²) in [6, 6.07) is 6.85. The van der Waals surface area contributed by atoms with Gasteiger partial charge in [0.2, 0.25) is 5.16 Å². The molecule has 3 aromatic rings. The molecule has 0 aliphatic rings. The van der Waals surface area contributed by atoms with Gasteiger partial charge in [-0.2, -0.15) is 0 Å². The Morgan fingerprint density at radius 1 is 1.33 bits per heavy atom. The number of aryl methyl sites for hydroxylation is 1. The van der Waals surface area contributed by atoms with E-state index in [1.807, 2.05) is 13.0 Å². The van der Waals surface area contributed by atoms with Gasteiger partial charge in [0, 0.05) is 39.9 Å². The van der Waals surface area contributed by atoms with E-state index in [1.165, 1.54) is 11.8 Å². The van der Waals surface area contributed by atoms with E-state index < -0.39 is 0 Å². The van der Waals surface area contributed by atoms with Crippen molar-refractivity contribution in [3.05, 3.63) is 51.0 Å². The largest absolute Gasteiger partial charge is 0.357 e. The van der Waals surface area contributed by atoms with Gasteiger partial charge in [0.25, 0.3) is 0 Å². The maximum Gasteiger partial charge on any atom is 0.208 e. The minimum Gasteiger partial charge on any atom is -0.357 e. The smallest absolute Gasteiger partial charge is 0.208 e. The molecule has 0 saturated carbocycles. The van der Waals surface area contributed by atoms with Crippen LogP contribution < -0.4 is 5.43 Å². The van der Waals surface area contributed by atoms with Crippen LogP contribution in [-0.2, 0) is 12.2 Å². The number of aromatic nitrogens is 4. The summed E-state index contributed by atoms with van der Waals surface area (Å²) < 4.78 is 0. The van der Waals surface area contributed by atoms with Gasteiger partial charge in [-0.05, 0) is 18.2 Å². The molecule has 5 nitrogen and oxygen atoms in total. The highest BCUT2D eigenvalue weighted by Crippen LogP contribution is 2.20. The molecule has 0 amide bonds. The van der Waals surface area contributed by atoms with Crippen molar-refractivity contribution in [3.63, 3.8) is 0 Å². The Bertz CT molecular complexity index is 842. The number of aromatic amines is 2. The minimum absolute atomic E-state index is 0.0360. The van der Waals surface area contributed by atoms with Crippen LogP contribution in [0.5, 0.6) is 0 Å². The van der Waals surface area contributed by atoms with Crippen molar-refractivity contribution in [2.75, 3.05) is 0 Å². The topological polar surface area (TPSA) is 74.4 Å². The Balaban J connectivity index is 1.84. The van der Waals surface area contributed by atoms with Gasteiger partial charge >= 0.3 is 0 Å². The molecule has 0 aliphatic heterocycles. The van der Waals surface area contributed by atoms with Crippen molar-refractivity contribution in [1.29, 1.82) is 0 Å². The van der Waals surface area contributed by atoms with Crippen molar-refractivity contribution in [2.45, 2.75) is 24.3 Å². The molecule has 108 valence electrons. The van der Waals surface area contributed by atoms with Crippen LogP contribution in [-0.4, -0.2) is 20.2 Å². The van der Waals surface area contributed by atoms with Gasteiger partial charge in [0.05, 0.1) is 0 Å². The quantitative estimate of drug-likeness (QED) is 0.724. The summed E-state index contributed by atoms with van der Waals surface area (Å²) in [4.78, 5) is 19.7. The van der Waals surface area contributed by atoms with E-state index in [0.717, 1.165) is 23.5 Å². The summed E-state index contributed by atoms with van der Waals surface area (Å²) in [6.45, 7) is 2.01. The standard InChI is InChI=1S/C14H13ClN4OS/c1-2-13-17-14(19-18-13)21-7-9-6-12(20)10-5-8(15)3-4-11(10)16-9/h3-6H,2,7H2,1H3,(H,16,20)(H,17,18,19).